The molecule has 5 rings (SSSR count). The molecule has 3 amide bonds. The van der Waals surface area contributed by atoms with Crippen molar-refractivity contribution in [1.82, 2.24) is 10.2 Å². The van der Waals surface area contributed by atoms with Crippen LogP contribution in [0, 0.1) is 28.9 Å². The van der Waals surface area contributed by atoms with Crippen LogP contribution in [-0.4, -0.2) is 53.6 Å². The first-order chi connectivity index (χ1) is 18.9. The summed E-state index contributed by atoms with van der Waals surface area (Å²) in [7, 11) is 1.65. The average molecular weight is 551 g/mol. The van der Waals surface area contributed by atoms with E-state index in [0.29, 0.717) is 23.2 Å². The lowest BCUT2D eigenvalue weighted by molar-refractivity contribution is -0.128. The summed E-state index contributed by atoms with van der Waals surface area (Å²) in [5.74, 6) is -2.33. The number of anilines is 1. The van der Waals surface area contributed by atoms with Crippen LogP contribution in [0.1, 0.15) is 51.2 Å². The molecule has 2 aromatic rings. The topological polar surface area (TPSA) is 103 Å². The predicted molar refractivity (Wildman–Crippen MR) is 143 cm³/mol. The molecule has 2 heterocycles. The van der Waals surface area contributed by atoms with Gasteiger partial charge in [0.2, 0.25) is 11.8 Å². The minimum absolute atomic E-state index is 0.0518. The molecule has 10 heteroatoms. The van der Waals surface area contributed by atoms with E-state index in [9.17, 15) is 19.6 Å². The SMILES string of the molecule is CN1C(=O)Cc2ccc(-c3cc(F)c(CC(C#N)NC(=O)[C@@H]4C5CC[C@H](C5)N4C(=O)OC(C)(C)C)c(F)c3)cc21. The van der Waals surface area contributed by atoms with Crippen molar-refractivity contribution in [2.75, 3.05) is 11.9 Å². The summed E-state index contributed by atoms with van der Waals surface area (Å²) in [5, 5.41) is 12.3. The van der Waals surface area contributed by atoms with Gasteiger partial charge in [-0.05, 0) is 80.8 Å². The van der Waals surface area contributed by atoms with Gasteiger partial charge in [-0.1, -0.05) is 12.1 Å². The first-order valence-electron chi connectivity index (χ1n) is 13.5. The normalized spacial score (nSPS) is 22.2. The fraction of sp³-hybridized carbons (Fsp3) is 0.467. The van der Waals surface area contributed by atoms with Gasteiger partial charge in [0.15, 0.2) is 0 Å². The number of ether oxygens (including phenoxy) is 1. The van der Waals surface area contributed by atoms with E-state index in [4.69, 9.17) is 4.74 Å². The van der Waals surface area contributed by atoms with Crippen molar-refractivity contribution < 1.29 is 27.9 Å². The summed E-state index contributed by atoms with van der Waals surface area (Å²) in [6, 6.07) is 7.39. The van der Waals surface area contributed by atoms with E-state index in [-0.39, 0.29) is 36.3 Å². The number of halogens is 2. The molecule has 2 bridgehead atoms. The monoisotopic (exact) mass is 550 g/mol. The average Bonchev–Trinajstić information content (AvgIpc) is 3.57. The van der Waals surface area contributed by atoms with Gasteiger partial charge < -0.3 is 15.0 Å². The molecular formula is C30H32F2N4O4. The zero-order valence-corrected chi connectivity index (χ0v) is 23.0. The van der Waals surface area contributed by atoms with Gasteiger partial charge in [-0.3, -0.25) is 14.5 Å². The van der Waals surface area contributed by atoms with Gasteiger partial charge in [-0.15, -0.1) is 0 Å². The highest BCUT2D eigenvalue weighted by atomic mass is 19.1. The fourth-order valence-electron chi connectivity index (χ4n) is 6.08. The molecule has 2 fully saturated rings. The number of hydrogen-bond donors (Lipinski definition) is 1. The summed E-state index contributed by atoms with van der Waals surface area (Å²) in [5.41, 5.74) is 1.34. The molecule has 2 aromatic carbocycles. The van der Waals surface area contributed by atoms with Gasteiger partial charge in [0, 0.05) is 30.8 Å². The fourth-order valence-corrected chi connectivity index (χ4v) is 6.08. The number of hydrogen-bond acceptors (Lipinski definition) is 5. The molecule has 2 aliphatic heterocycles. The van der Waals surface area contributed by atoms with Gasteiger partial charge in [0.25, 0.3) is 0 Å². The molecule has 1 saturated carbocycles. The van der Waals surface area contributed by atoms with Crippen LogP contribution in [0.3, 0.4) is 0 Å². The number of likely N-dealkylation sites (tertiary alicyclic amines) is 1. The predicted octanol–water partition coefficient (Wildman–Crippen LogP) is 4.49. The summed E-state index contributed by atoms with van der Waals surface area (Å²) in [6.07, 6.45) is 1.54. The Kier molecular flexibility index (Phi) is 7.02. The molecular weight excluding hydrogens is 518 g/mol. The number of fused-ring (bicyclic) bond motifs is 3. The third-order valence-corrected chi connectivity index (χ3v) is 7.98. The Morgan fingerprint density at radius 2 is 1.85 bits per heavy atom. The van der Waals surface area contributed by atoms with E-state index in [2.05, 4.69) is 5.32 Å². The zero-order valence-electron chi connectivity index (χ0n) is 23.0. The Bertz CT molecular complexity index is 1410. The number of nitrogens with one attached hydrogen (secondary N) is 1. The van der Waals surface area contributed by atoms with Crippen LogP contribution < -0.4 is 10.2 Å². The number of carbonyl (C=O) groups excluding carboxylic acids is 3. The molecule has 2 unspecified atom stereocenters. The molecule has 3 aliphatic rings. The van der Waals surface area contributed by atoms with Crippen molar-refractivity contribution in [1.29, 1.82) is 5.26 Å². The molecule has 40 heavy (non-hydrogen) atoms. The van der Waals surface area contributed by atoms with Crippen molar-refractivity contribution >= 4 is 23.6 Å². The van der Waals surface area contributed by atoms with Crippen LogP contribution in [0.5, 0.6) is 0 Å². The summed E-state index contributed by atoms with van der Waals surface area (Å²) >= 11 is 0. The van der Waals surface area contributed by atoms with Crippen molar-refractivity contribution in [2.45, 2.75) is 76.6 Å². The summed E-state index contributed by atoms with van der Waals surface area (Å²) in [6.45, 7) is 5.24. The van der Waals surface area contributed by atoms with Crippen molar-refractivity contribution in [2.24, 2.45) is 5.92 Å². The van der Waals surface area contributed by atoms with Crippen LogP contribution in [0.2, 0.25) is 0 Å². The van der Waals surface area contributed by atoms with Gasteiger partial charge >= 0.3 is 6.09 Å². The maximum Gasteiger partial charge on any atom is 0.411 e. The number of piperidine rings is 1. The Balaban J connectivity index is 1.32. The number of carbonyl (C=O) groups is 3. The standard InChI is InChI=1S/C30H32F2N4O4/c1-30(2,3)40-29(39)36-21-8-7-18(9-21)27(36)28(38)34-20(15-33)14-22-23(31)10-19(11-24(22)32)16-5-6-17-13-26(37)35(4)25(17)12-16/h5-6,10-12,18,20-21,27H,7-9,13-14H2,1-4H3,(H,34,38)/t18?,20?,21-,27+/m1/s1. The van der Waals surface area contributed by atoms with Gasteiger partial charge in [-0.2, -0.15) is 5.26 Å². The number of likely N-dealkylation sites (N-methyl/N-ethyl adjacent to an activating group) is 1. The second-order valence-corrected chi connectivity index (χ2v) is 11.8. The van der Waals surface area contributed by atoms with Crippen LogP contribution in [0.4, 0.5) is 19.3 Å². The smallest absolute Gasteiger partial charge is 0.411 e. The second-order valence-electron chi connectivity index (χ2n) is 11.8. The third-order valence-electron chi connectivity index (χ3n) is 7.98. The van der Waals surface area contributed by atoms with E-state index in [1.54, 1.807) is 46.0 Å². The molecule has 0 aromatic heterocycles. The van der Waals surface area contributed by atoms with Gasteiger partial charge in [0.05, 0.1) is 12.5 Å². The van der Waals surface area contributed by atoms with Crippen molar-refractivity contribution in [3.63, 3.8) is 0 Å². The van der Waals surface area contributed by atoms with Crippen LogP contribution in [0.25, 0.3) is 11.1 Å². The molecule has 1 saturated heterocycles. The number of benzene rings is 2. The lowest BCUT2D eigenvalue weighted by Gasteiger charge is -2.35. The highest BCUT2D eigenvalue weighted by Gasteiger charge is 2.52. The maximum atomic E-state index is 15.2. The first-order valence-corrected chi connectivity index (χ1v) is 13.5. The maximum absolute atomic E-state index is 15.2. The first kappa shape index (κ1) is 27.6. The summed E-state index contributed by atoms with van der Waals surface area (Å²) < 4.78 is 35.9. The lowest BCUT2D eigenvalue weighted by Crippen LogP contribution is -2.55. The van der Waals surface area contributed by atoms with Gasteiger partial charge in [0.1, 0.15) is 29.3 Å². The number of nitrogens with zero attached hydrogens (tertiary/aromatic N) is 3. The minimum Gasteiger partial charge on any atom is -0.444 e. The lowest BCUT2D eigenvalue weighted by atomic mass is 9.96. The van der Waals surface area contributed by atoms with E-state index in [0.717, 1.165) is 18.4 Å². The molecule has 1 N–H and O–H groups in total. The number of rotatable bonds is 5. The minimum atomic E-state index is -1.21. The van der Waals surface area contributed by atoms with Crippen molar-refractivity contribution in [3.05, 3.63) is 53.1 Å². The second kappa shape index (κ2) is 10.2. The molecule has 210 valence electrons. The zero-order chi connectivity index (χ0) is 28.9. The van der Waals surface area contributed by atoms with Crippen molar-refractivity contribution in [3.8, 4) is 17.2 Å². The molecule has 1 aliphatic carbocycles. The highest BCUT2D eigenvalue weighted by Crippen LogP contribution is 2.43. The third kappa shape index (κ3) is 5.12. The number of amides is 3. The molecule has 8 nitrogen and oxygen atoms in total. The molecule has 0 radical (unpaired) electrons. The van der Waals surface area contributed by atoms with E-state index in [1.807, 2.05) is 6.07 Å². The Morgan fingerprint density at radius 1 is 1.15 bits per heavy atom. The Morgan fingerprint density at radius 3 is 2.50 bits per heavy atom. The largest absolute Gasteiger partial charge is 0.444 e. The van der Waals surface area contributed by atoms with E-state index < -0.39 is 41.3 Å². The van der Waals surface area contributed by atoms with E-state index in [1.165, 1.54) is 21.9 Å². The highest BCUT2D eigenvalue weighted by molar-refractivity contribution is 6.01. The van der Waals surface area contributed by atoms with Crippen LogP contribution in [0.15, 0.2) is 30.3 Å². The van der Waals surface area contributed by atoms with Gasteiger partial charge in [-0.25, -0.2) is 13.6 Å². The number of nitriles is 1. The Hall–Kier alpha value is -4.00. The molecule has 4 atom stereocenters. The quantitative estimate of drug-likeness (QED) is 0.591. The van der Waals surface area contributed by atoms with Crippen LogP contribution >= 0.6 is 0 Å². The summed E-state index contributed by atoms with van der Waals surface area (Å²) in [4.78, 5) is 41.2. The molecule has 0 spiro atoms. The Labute approximate surface area is 231 Å². The van der Waals surface area contributed by atoms with E-state index >= 15 is 8.78 Å². The van der Waals surface area contributed by atoms with Crippen LogP contribution in [-0.2, 0) is 27.2 Å².